The fraction of sp³-hybridized carbons (Fsp3) is 0.500. The van der Waals surface area contributed by atoms with Crippen molar-refractivity contribution >= 4 is 23.2 Å². The van der Waals surface area contributed by atoms with Gasteiger partial charge in [-0.1, -0.05) is 17.7 Å². The van der Waals surface area contributed by atoms with Gasteiger partial charge in [0.1, 0.15) is 5.82 Å². The van der Waals surface area contributed by atoms with Crippen LogP contribution in [0.3, 0.4) is 0 Å². The predicted octanol–water partition coefficient (Wildman–Crippen LogP) is 3.67. The average molecular weight is 263 g/mol. The molecule has 1 aliphatic rings. The molecule has 0 spiro atoms. The van der Waals surface area contributed by atoms with E-state index >= 15 is 0 Å². The van der Waals surface area contributed by atoms with Gasteiger partial charge >= 0.3 is 0 Å². The molecule has 0 saturated carbocycles. The predicted molar refractivity (Wildman–Crippen MR) is 63.7 cm³/mol. The lowest BCUT2D eigenvalue weighted by atomic mass is 9.98. The van der Waals surface area contributed by atoms with Crippen molar-refractivity contribution in [1.29, 1.82) is 0 Å². The molecule has 88 valence electrons. The minimum absolute atomic E-state index is 0.114. The molecule has 16 heavy (non-hydrogen) atoms. The molecule has 0 amide bonds. The molecular weight excluding hydrogens is 250 g/mol. The Labute approximate surface area is 105 Å². The molecule has 1 aliphatic heterocycles. The summed E-state index contributed by atoms with van der Waals surface area (Å²) in [5, 5.41) is 0.335. The van der Waals surface area contributed by atoms with Crippen molar-refractivity contribution in [2.45, 2.75) is 18.2 Å². The van der Waals surface area contributed by atoms with Crippen molar-refractivity contribution in [3.05, 3.63) is 34.6 Å². The Hall–Kier alpha value is -0.310. The van der Waals surface area contributed by atoms with E-state index in [2.05, 4.69) is 0 Å². The number of hydrogen-bond acceptors (Lipinski definition) is 1. The Bertz CT molecular complexity index is 344. The Morgan fingerprint density at radius 1 is 1.50 bits per heavy atom. The zero-order valence-electron chi connectivity index (χ0n) is 8.76. The number of rotatable bonds is 3. The van der Waals surface area contributed by atoms with Crippen molar-refractivity contribution in [3.63, 3.8) is 0 Å². The highest BCUT2D eigenvalue weighted by Gasteiger charge is 2.25. The van der Waals surface area contributed by atoms with Crippen LogP contribution in [0.5, 0.6) is 0 Å². The first-order valence-electron chi connectivity index (χ1n) is 5.33. The normalized spacial score (nSPS) is 22.3. The summed E-state index contributed by atoms with van der Waals surface area (Å²) in [5.41, 5.74) is 0.510. The van der Waals surface area contributed by atoms with E-state index in [1.54, 1.807) is 12.1 Å². The lowest BCUT2D eigenvalue weighted by Gasteiger charge is -2.16. The maximum atomic E-state index is 13.5. The van der Waals surface area contributed by atoms with E-state index in [9.17, 15) is 4.39 Å². The van der Waals surface area contributed by atoms with Crippen LogP contribution < -0.4 is 0 Å². The Morgan fingerprint density at radius 2 is 2.31 bits per heavy atom. The van der Waals surface area contributed by atoms with Crippen LogP contribution in [0, 0.1) is 11.7 Å². The van der Waals surface area contributed by atoms with Gasteiger partial charge in [-0.2, -0.15) is 0 Å². The fourth-order valence-corrected chi connectivity index (χ4v) is 2.52. The van der Waals surface area contributed by atoms with Gasteiger partial charge in [0.2, 0.25) is 0 Å². The summed E-state index contributed by atoms with van der Waals surface area (Å²) in [5.74, 6) is 0.0226. The third-order valence-electron chi connectivity index (χ3n) is 2.94. The quantitative estimate of drug-likeness (QED) is 0.756. The second-order valence-electron chi connectivity index (χ2n) is 4.04. The molecule has 0 aliphatic carbocycles. The monoisotopic (exact) mass is 262 g/mol. The number of alkyl halides is 1. The second-order valence-corrected chi connectivity index (χ2v) is 5.01. The molecule has 1 saturated heterocycles. The maximum absolute atomic E-state index is 13.5. The van der Waals surface area contributed by atoms with Gasteiger partial charge in [-0.15, -0.1) is 11.6 Å². The zero-order valence-corrected chi connectivity index (χ0v) is 10.3. The average Bonchev–Trinajstić information content (AvgIpc) is 2.76. The summed E-state index contributed by atoms with van der Waals surface area (Å²) in [6.07, 6.45) is 1.40. The lowest BCUT2D eigenvalue weighted by molar-refractivity contribution is 0.185. The van der Waals surface area contributed by atoms with Gasteiger partial charge in [0, 0.05) is 28.5 Å². The molecule has 1 aromatic rings. The van der Waals surface area contributed by atoms with Crippen LogP contribution in [0.1, 0.15) is 12.0 Å². The molecule has 0 radical (unpaired) electrons. The third-order valence-corrected chi connectivity index (χ3v) is 3.80. The van der Waals surface area contributed by atoms with Gasteiger partial charge < -0.3 is 4.74 Å². The Kier molecular flexibility index (Phi) is 4.06. The summed E-state index contributed by atoms with van der Waals surface area (Å²) in [6, 6.07) is 4.70. The van der Waals surface area contributed by atoms with E-state index in [-0.39, 0.29) is 11.2 Å². The van der Waals surface area contributed by atoms with Gasteiger partial charge in [-0.3, -0.25) is 0 Å². The van der Waals surface area contributed by atoms with Crippen LogP contribution in [-0.2, 0) is 11.2 Å². The first-order chi connectivity index (χ1) is 7.68. The molecule has 0 N–H and O–H groups in total. The van der Waals surface area contributed by atoms with Crippen molar-refractivity contribution in [3.8, 4) is 0 Å². The van der Waals surface area contributed by atoms with Crippen molar-refractivity contribution in [2.75, 3.05) is 13.2 Å². The first-order valence-corrected chi connectivity index (χ1v) is 6.14. The Balaban J connectivity index is 2.07. The highest BCUT2D eigenvalue weighted by atomic mass is 35.5. The van der Waals surface area contributed by atoms with Crippen molar-refractivity contribution < 1.29 is 9.13 Å². The van der Waals surface area contributed by atoms with Gasteiger partial charge in [-0.25, -0.2) is 4.39 Å². The lowest BCUT2D eigenvalue weighted by Crippen LogP contribution is -2.18. The highest BCUT2D eigenvalue weighted by Crippen LogP contribution is 2.28. The molecule has 1 fully saturated rings. The number of ether oxygens (including phenoxy) is 1. The molecular formula is C12H13Cl2FO. The van der Waals surface area contributed by atoms with E-state index in [0.29, 0.717) is 29.5 Å². The van der Waals surface area contributed by atoms with Crippen LogP contribution in [0.4, 0.5) is 4.39 Å². The standard InChI is InChI=1S/C12H13Cl2FO/c13-10-2-1-3-12(15)9(10)6-11(14)8-4-5-16-7-8/h1-3,8,11H,4-7H2. The number of benzene rings is 1. The molecule has 2 unspecified atom stereocenters. The fourth-order valence-electron chi connectivity index (χ4n) is 1.93. The van der Waals surface area contributed by atoms with Gasteiger partial charge in [0.25, 0.3) is 0 Å². The van der Waals surface area contributed by atoms with E-state index in [4.69, 9.17) is 27.9 Å². The van der Waals surface area contributed by atoms with Crippen molar-refractivity contribution in [2.24, 2.45) is 5.92 Å². The molecule has 1 aromatic carbocycles. The van der Waals surface area contributed by atoms with Gasteiger partial charge in [0.15, 0.2) is 0 Å². The second kappa shape index (κ2) is 5.35. The molecule has 2 atom stereocenters. The minimum atomic E-state index is -0.280. The van der Waals surface area contributed by atoms with Crippen LogP contribution >= 0.6 is 23.2 Å². The van der Waals surface area contributed by atoms with Crippen LogP contribution in [-0.4, -0.2) is 18.6 Å². The van der Waals surface area contributed by atoms with E-state index in [1.807, 2.05) is 0 Å². The summed E-state index contributed by atoms with van der Waals surface area (Å²) in [7, 11) is 0. The molecule has 1 heterocycles. The number of hydrogen-bond donors (Lipinski definition) is 0. The van der Waals surface area contributed by atoms with Crippen LogP contribution in [0.25, 0.3) is 0 Å². The largest absolute Gasteiger partial charge is 0.381 e. The summed E-state index contributed by atoms with van der Waals surface area (Å²) < 4.78 is 18.8. The molecule has 1 nitrogen and oxygen atoms in total. The summed E-state index contributed by atoms with van der Waals surface area (Å²) in [6.45, 7) is 1.42. The van der Waals surface area contributed by atoms with Crippen LogP contribution in [0.2, 0.25) is 5.02 Å². The zero-order chi connectivity index (χ0) is 11.5. The van der Waals surface area contributed by atoms with Gasteiger partial charge in [0.05, 0.1) is 6.61 Å². The molecule has 4 heteroatoms. The number of halogens is 3. The van der Waals surface area contributed by atoms with E-state index in [1.165, 1.54) is 6.07 Å². The van der Waals surface area contributed by atoms with E-state index in [0.717, 1.165) is 13.0 Å². The molecule has 0 bridgehead atoms. The molecule has 0 aromatic heterocycles. The van der Waals surface area contributed by atoms with E-state index < -0.39 is 0 Å². The SMILES string of the molecule is Fc1cccc(Cl)c1CC(Cl)C1CCOC1. The minimum Gasteiger partial charge on any atom is -0.381 e. The third kappa shape index (κ3) is 2.68. The summed E-state index contributed by atoms with van der Waals surface area (Å²) >= 11 is 12.2. The van der Waals surface area contributed by atoms with Crippen LogP contribution in [0.15, 0.2) is 18.2 Å². The molecule has 2 rings (SSSR count). The highest BCUT2D eigenvalue weighted by molar-refractivity contribution is 6.31. The van der Waals surface area contributed by atoms with Gasteiger partial charge in [-0.05, 0) is 25.0 Å². The first kappa shape index (κ1) is 12.2. The van der Waals surface area contributed by atoms with Crippen molar-refractivity contribution in [1.82, 2.24) is 0 Å². The topological polar surface area (TPSA) is 9.23 Å². The maximum Gasteiger partial charge on any atom is 0.127 e. The summed E-state index contributed by atoms with van der Waals surface area (Å²) in [4.78, 5) is 0. The Morgan fingerprint density at radius 3 is 2.94 bits per heavy atom. The smallest absolute Gasteiger partial charge is 0.127 e.